The van der Waals surface area contributed by atoms with Crippen LogP contribution in [0.1, 0.15) is 37.4 Å². The predicted molar refractivity (Wildman–Crippen MR) is 137 cm³/mol. The van der Waals surface area contributed by atoms with Gasteiger partial charge in [0.15, 0.2) is 16.6 Å². The van der Waals surface area contributed by atoms with E-state index in [2.05, 4.69) is 10.1 Å². The number of anilines is 1. The number of nitrogens with two attached hydrogens (primary N) is 2. The monoisotopic (exact) mass is 554 g/mol. The van der Waals surface area contributed by atoms with Crippen molar-refractivity contribution in [3.8, 4) is 0 Å². The van der Waals surface area contributed by atoms with Crippen LogP contribution in [-0.4, -0.2) is 63.9 Å². The number of rotatable bonds is 13. The van der Waals surface area contributed by atoms with Gasteiger partial charge in [0.1, 0.15) is 18.1 Å². The van der Waals surface area contributed by atoms with Crippen molar-refractivity contribution in [3.05, 3.63) is 40.9 Å². The third-order valence-corrected chi connectivity index (χ3v) is 8.11. The molecule has 2 aromatic rings. The molecule has 2 atom stereocenters. The molecule has 0 radical (unpaired) electrons. The third kappa shape index (κ3) is 6.81. The molecule has 1 aromatic heterocycles. The molecule has 36 heavy (non-hydrogen) atoms. The number of nitrogens with zero attached hydrogens (tertiary/aromatic N) is 3. The Balaban J connectivity index is 1.52. The smallest absolute Gasteiger partial charge is 0.362 e. The molecule has 1 aliphatic heterocycles. The van der Waals surface area contributed by atoms with E-state index < -0.39 is 28.2 Å². The minimum absolute atomic E-state index is 0.00188. The van der Waals surface area contributed by atoms with Gasteiger partial charge >= 0.3 is 10.3 Å². The molecule has 15 heteroatoms. The Morgan fingerprint density at radius 1 is 1.36 bits per heavy atom. The number of nitrogen functional groups attached to an aromatic ring is 2. The van der Waals surface area contributed by atoms with E-state index in [-0.39, 0.29) is 41.9 Å². The molecule has 1 aromatic carbocycles. The lowest BCUT2D eigenvalue weighted by Crippen LogP contribution is -2.61. The maximum absolute atomic E-state index is 12.8. The van der Waals surface area contributed by atoms with Crippen LogP contribution in [0.3, 0.4) is 0 Å². The minimum Gasteiger partial charge on any atom is -0.394 e. The SMILES string of the molecule is CC1C(CCCC(=O)C(=NOCCSc2ccc(C(=N)N)cc2)c2csc(N)n2)C(=O)N1S(=O)(=O)O. The van der Waals surface area contributed by atoms with Gasteiger partial charge < -0.3 is 16.3 Å². The maximum atomic E-state index is 12.8. The number of amidine groups is 1. The first-order chi connectivity index (χ1) is 17.0. The van der Waals surface area contributed by atoms with E-state index in [9.17, 15) is 18.0 Å². The summed E-state index contributed by atoms with van der Waals surface area (Å²) in [5, 5.41) is 13.3. The second kappa shape index (κ2) is 11.8. The Hall–Kier alpha value is -3.01. The Kier molecular flexibility index (Phi) is 9.05. The highest BCUT2D eigenvalue weighted by Gasteiger charge is 2.49. The number of oxime groups is 1. The molecule has 0 saturated carbocycles. The predicted octanol–water partition coefficient (Wildman–Crippen LogP) is 1.91. The molecule has 2 heterocycles. The topological polar surface area (TPSA) is 202 Å². The van der Waals surface area contributed by atoms with Gasteiger partial charge in [-0.15, -0.1) is 23.1 Å². The number of ketones is 1. The highest BCUT2D eigenvalue weighted by molar-refractivity contribution is 7.99. The highest BCUT2D eigenvalue weighted by Crippen LogP contribution is 2.32. The molecule has 3 rings (SSSR count). The number of hydrogen-bond acceptors (Lipinski definition) is 11. The molecule has 1 saturated heterocycles. The number of nitrogens with one attached hydrogen (secondary N) is 1. The molecule has 194 valence electrons. The molecule has 1 aliphatic rings. The molecule has 1 amide bonds. The standard InChI is InChI=1S/C21H26N6O6S3/c1-12-15(20(29)27(12)36(30,31)32)3-2-4-17(28)18(16-11-35-21(24)25-16)26-33-9-10-34-14-7-5-13(6-8-14)19(22)23/h5-8,11-12,15H,2-4,9-10H2,1H3,(H3,22,23)(H2,24,25)(H,30,31,32). The number of benzene rings is 1. The van der Waals surface area contributed by atoms with Gasteiger partial charge in [-0.3, -0.25) is 19.6 Å². The van der Waals surface area contributed by atoms with Gasteiger partial charge in [-0.25, -0.2) is 9.29 Å². The normalized spacial score (nSPS) is 18.1. The lowest BCUT2D eigenvalue weighted by molar-refractivity contribution is -0.146. The van der Waals surface area contributed by atoms with Crippen molar-refractivity contribution < 1.29 is 27.4 Å². The number of thiazole rings is 1. The second-order valence-corrected chi connectivity index (χ2v) is 11.3. The first-order valence-electron chi connectivity index (χ1n) is 10.8. The van der Waals surface area contributed by atoms with Crippen molar-refractivity contribution in [1.82, 2.24) is 9.29 Å². The van der Waals surface area contributed by atoms with E-state index in [1.807, 2.05) is 12.1 Å². The van der Waals surface area contributed by atoms with Crippen LogP contribution in [0.25, 0.3) is 0 Å². The lowest BCUT2D eigenvalue weighted by atomic mass is 9.86. The number of hydrogen-bond donors (Lipinski definition) is 4. The molecule has 1 fully saturated rings. The van der Waals surface area contributed by atoms with Gasteiger partial charge in [-0.05, 0) is 31.9 Å². The van der Waals surface area contributed by atoms with Crippen LogP contribution in [0.5, 0.6) is 0 Å². The Bertz CT molecular complexity index is 1260. The third-order valence-electron chi connectivity index (χ3n) is 5.45. The number of amides is 1. The number of aromatic nitrogens is 1. The first-order valence-corrected chi connectivity index (χ1v) is 14.1. The van der Waals surface area contributed by atoms with Crippen LogP contribution >= 0.6 is 23.1 Å². The Morgan fingerprint density at radius 2 is 2.06 bits per heavy atom. The second-order valence-electron chi connectivity index (χ2n) is 7.90. The molecule has 0 spiro atoms. The first kappa shape index (κ1) is 27.6. The fourth-order valence-electron chi connectivity index (χ4n) is 3.62. The van der Waals surface area contributed by atoms with E-state index in [0.717, 1.165) is 16.2 Å². The molecule has 0 bridgehead atoms. The Morgan fingerprint density at radius 3 is 2.61 bits per heavy atom. The average Bonchev–Trinajstić information content (AvgIpc) is 3.24. The van der Waals surface area contributed by atoms with Gasteiger partial charge in [0.2, 0.25) is 5.91 Å². The summed E-state index contributed by atoms with van der Waals surface area (Å²) in [6.07, 6.45) is 0.632. The van der Waals surface area contributed by atoms with Crippen molar-refractivity contribution in [3.63, 3.8) is 0 Å². The van der Waals surface area contributed by atoms with Crippen molar-refractivity contribution >= 4 is 61.8 Å². The van der Waals surface area contributed by atoms with Crippen molar-refractivity contribution in [1.29, 1.82) is 5.41 Å². The zero-order valence-electron chi connectivity index (χ0n) is 19.3. The summed E-state index contributed by atoms with van der Waals surface area (Å²) in [5.74, 6) is -1.07. The molecule has 12 nitrogen and oxygen atoms in total. The van der Waals surface area contributed by atoms with E-state index in [0.29, 0.717) is 27.7 Å². The van der Waals surface area contributed by atoms with Crippen LogP contribution in [0.15, 0.2) is 39.7 Å². The van der Waals surface area contributed by atoms with Crippen LogP contribution in [0.4, 0.5) is 5.13 Å². The summed E-state index contributed by atoms with van der Waals surface area (Å²) in [4.78, 5) is 35.3. The number of carbonyl (C=O) groups excluding carboxylic acids is 2. The number of β-lactam (4-membered cyclic amide) rings is 1. The van der Waals surface area contributed by atoms with Gasteiger partial charge in [-0.1, -0.05) is 17.3 Å². The lowest BCUT2D eigenvalue weighted by Gasteiger charge is -2.42. The van der Waals surface area contributed by atoms with E-state index in [1.54, 1.807) is 17.5 Å². The summed E-state index contributed by atoms with van der Waals surface area (Å²) >= 11 is 2.67. The van der Waals surface area contributed by atoms with Crippen LogP contribution in [0, 0.1) is 11.3 Å². The van der Waals surface area contributed by atoms with E-state index >= 15 is 0 Å². The van der Waals surface area contributed by atoms with E-state index in [4.69, 9.17) is 26.3 Å². The minimum atomic E-state index is -4.58. The average molecular weight is 555 g/mol. The molecular formula is C21H26N6O6S3. The summed E-state index contributed by atoms with van der Waals surface area (Å²) in [7, 11) is -4.58. The molecular weight excluding hydrogens is 528 g/mol. The summed E-state index contributed by atoms with van der Waals surface area (Å²) in [5.41, 5.74) is 12.1. The number of Topliss-reactive ketones (excluding diaryl/α,β-unsaturated/α-hetero) is 1. The fraction of sp³-hybridized carbons (Fsp3) is 0.381. The van der Waals surface area contributed by atoms with E-state index in [1.165, 1.54) is 18.7 Å². The molecule has 2 unspecified atom stereocenters. The maximum Gasteiger partial charge on any atom is 0.362 e. The molecule has 0 aliphatic carbocycles. The van der Waals surface area contributed by atoms with Crippen molar-refractivity contribution in [2.75, 3.05) is 18.1 Å². The quantitative estimate of drug-likeness (QED) is 0.0538. The van der Waals surface area contributed by atoms with Gasteiger partial charge in [0.05, 0.1) is 12.0 Å². The summed E-state index contributed by atoms with van der Waals surface area (Å²) in [6.45, 7) is 1.74. The van der Waals surface area contributed by atoms with Gasteiger partial charge in [-0.2, -0.15) is 8.42 Å². The fourth-order valence-corrected chi connectivity index (χ4v) is 5.82. The van der Waals surface area contributed by atoms with Gasteiger partial charge in [0, 0.05) is 28.0 Å². The van der Waals surface area contributed by atoms with Crippen LogP contribution in [-0.2, 0) is 24.7 Å². The number of carbonyl (C=O) groups is 2. The largest absolute Gasteiger partial charge is 0.394 e. The highest BCUT2D eigenvalue weighted by atomic mass is 32.2. The summed E-state index contributed by atoms with van der Waals surface area (Å²) in [6, 6.07) is 6.53. The number of thioether (sulfide) groups is 1. The van der Waals surface area contributed by atoms with Crippen molar-refractivity contribution in [2.45, 2.75) is 37.1 Å². The summed E-state index contributed by atoms with van der Waals surface area (Å²) < 4.78 is 32.0. The van der Waals surface area contributed by atoms with Gasteiger partial charge in [0.25, 0.3) is 0 Å². The molecule has 6 N–H and O–H groups in total. The zero-order chi connectivity index (χ0) is 26.5. The Labute approximate surface area is 216 Å². The van der Waals surface area contributed by atoms with Crippen LogP contribution < -0.4 is 11.5 Å². The van der Waals surface area contributed by atoms with Crippen LogP contribution in [0.2, 0.25) is 0 Å². The zero-order valence-corrected chi connectivity index (χ0v) is 21.7. The van der Waals surface area contributed by atoms with Crippen molar-refractivity contribution in [2.24, 2.45) is 16.8 Å².